The van der Waals surface area contributed by atoms with Crippen LogP contribution in [0.15, 0.2) is 37.1 Å². The molecule has 2 atom stereocenters. The summed E-state index contributed by atoms with van der Waals surface area (Å²) in [6.07, 6.45) is 6.83. The maximum atomic E-state index is 15.3. The lowest BCUT2D eigenvalue weighted by Gasteiger charge is -2.13. The largest absolute Gasteiger partial charge is 0.336 e. The average Bonchev–Trinajstić information content (AvgIpc) is 3.22. The molecule has 1 fully saturated rings. The standard InChI is InChI=1S/C20H14ClF2N9O/c21-16-15(9-4-26-31-18(9)19(17(16)23)28-12-1-2-25-30-12)11-6-32-7-13(27-14(32)5-24-11)29-20(33)8-3-10(8)22/h1-2,4-8,10H,3H2,(H,26,31)(H,29,33)(H2,25,28,30). The van der Waals surface area contributed by atoms with Crippen LogP contribution in [0.25, 0.3) is 27.8 Å². The van der Waals surface area contributed by atoms with Crippen molar-refractivity contribution in [1.29, 1.82) is 0 Å². The van der Waals surface area contributed by atoms with Gasteiger partial charge in [-0.3, -0.25) is 20.0 Å². The molecule has 1 amide bonds. The molecule has 0 bridgehead atoms. The van der Waals surface area contributed by atoms with E-state index in [0.717, 1.165) is 0 Å². The van der Waals surface area contributed by atoms with Crippen LogP contribution in [0.3, 0.4) is 0 Å². The minimum absolute atomic E-state index is 0.112. The van der Waals surface area contributed by atoms with Crippen molar-refractivity contribution >= 4 is 51.4 Å². The first-order valence-electron chi connectivity index (χ1n) is 9.90. The number of H-pyrrole nitrogens is 2. The highest BCUT2D eigenvalue weighted by atomic mass is 35.5. The van der Waals surface area contributed by atoms with Crippen LogP contribution >= 0.6 is 11.6 Å². The monoisotopic (exact) mass is 469 g/mol. The first-order valence-corrected chi connectivity index (χ1v) is 10.3. The summed E-state index contributed by atoms with van der Waals surface area (Å²) in [5, 5.41) is 19.3. The predicted octanol–water partition coefficient (Wildman–Crippen LogP) is 3.83. The minimum atomic E-state index is -1.10. The summed E-state index contributed by atoms with van der Waals surface area (Å²) < 4.78 is 30.1. The number of aromatic amines is 2. The smallest absolute Gasteiger partial charge is 0.231 e. The van der Waals surface area contributed by atoms with Crippen LogP contribution in [0.4, 0.5) is 26.1 Å². The lowest BCUT2D eigenvalue weighted by Crippen LogP contribution is -2.15. The molecule has 1 aliphatic carbocycles. The van der Waals surface area contributed by atoms with E-state index in [1.165, 1.54) is 18.6 Å². The van der Waals surface area contributed by atoms with Crippen LogP contribution < -0.4 is 10.6 Å². The number of nitrogens with one attached hydrogen (secondary N) is 4. The quantitative estimate of drug-likeness (QED) is 0.309. The van der Waals surface area contributed by atoms with E-state index in [4.69, 9.17) is 11.6 Å². The number of carbonyl (C=O) groups excluding carboxylic acids is 1. The summed E-state index contributed by atoms with van der Waals surface area (Å²) in [7, 11) is 0. The van der Waals surface area contributed by atoms with Gasteiger partial charge in [-0.1, -0.05) is 11.6 Å². The predicted molar refractivity (Wildman–Crippen MR) is 117 cm³/mol. The topological polar surface area (TPSA) is 129 Å². The molecule has 4 heterocycles. The van der Waals surface area contributed by atoms with E-state index in [1.807, 2.05) is 0 Å². The van der Waals surface area contributed by atoms with Gasteiger partial charge in [0.1, 0.15) is 17.7 Å². The molecule has 0 saturated heterocycles. The summed E-state index contributed by atoms with van der Waals surface area (Å²) >= 11 is 6.45. The number of nitrogens with zero attached hydrogens (tertiary/aromatic N) is 5. The highest BCUT2D eigenvalue weighted by molar-refractivity contribution is 6.36. The molecular formula is C20H14ClF2N9O. The van der Waals surface area contributed by atoms with Gasteiger partial charge in [0.25, 0.3) is 0 Å². The van der Waals surface area contributed by atoms with Crippen molar-refractivity contribution in [2.24, 2.45) is 5.92 Å². The molecule has 1 aromatic carbocycles. The molecule has 10 nitrogen and oxygen atoms in total. The highest BCUT2D eigenvalue weighted by Gasteiger charge is 2.43. The maximum absolute atomic E-state index is 15.3. The second-order valence-electron chi connectivity index (χ2n) is 7.64. The van der Waals surface area contributed by atoms with E-state index in [-0.39, 0.29) is 22.9 Å². The van der Waals surface area contributed by atoms with Gasteiger partial charge in [0.2, 0.25) is 5.91 Å². The summed E-state index contributed by atoms with van der Waals surface area (Å²) in [5.41, 5.74) is 1.66. The zero-order chi connectivity index (χ0) is 22.7. The molecule has 1 aliphatic rings. The Labute approximate surface area is 188 Å². The molecule has 166 valence electrons. The zero-order valence-corrected chi connectivity index (χ0v) is 17.4. The summed E-state index contributed by atoms with van der Waals surface area (Å²) in [6.45, 7) is 0. The Morgan fingerprint density at radius 2 is 2.09 bits per heavy atom. The first-order chi connectivity index (χ1) is 16.0. The number of amides is 1. The number of anilines is 3. The van der Waals surface area contributed by atoms with Gasteiger partial charge in [0, 0.05) is 23.2 Å². The SMILES string of the molecule is O=C(Nc1cn2cc(-c3c(Cl)c(F)c(Nc4ccn[nH]4)c4[nH]ncc34)ncc2n1)C1CC1F. The fourth-order valence-electron chi connectivity index (χ4n) is 3.68. The number of imidazole rings is 1. The third kappa shape index (κ3) is 3.26. The Hall–Kier alpha value is -4.06. The second kappa shape index (κ2) is 7.24. The minimum Gasteiger partial charge on any atom is -0.336 e. The van der Waals surface area contributed by atoms with Gasteiger partial charge in [0.05, 0.1) is 46.9 Å². The van der Waals surface area contributed by atoms with Crippen molar-refractivity contribution in [1.82, 2.24) is 34.8 Å². The highest BCUT2D eigenvalue weighted by Crippen LogP contribution is 2.41. The van der Waals surface area contributed by atoms with Crippen LogP contribution in [0.1, 0.15) is 6.42 Å². The molecule has 33 heavy (non-hydrogen) atoms. The molecule has 1 saturated carbocycles. The van der Waals surface area contributed by atoms with E-state index >= 15 is 4.39 Å². The molecule has 4 N–H and O–H groups in total. The van der Waals surface area contributed by atoms with Crippen LogP contribution in [-0.2, 0) is 4.79 Å². The van der Waals surface area contributed by atoms with Crippen molar-refractivity contribution in [2.75, 3.05) is 10.6 Å². The van der Waals surface area contributed by atoms with Gasteiger partial charge in [-0.15, -0.1) is 0 Å². The van der Waals surface area contributed by atoms with Gasteiger partial charge in [-0.2, -0.15) is 10.2 Å². The number of alkyl halides is 1. The number of hydrogen-bond acceptors (Lipinski definition) is 6. The van der Waals surface area contributed by atoms with Gasteiger partial charge in [-0.05, 0) is 6.42 Å². The van der Waals surface area contributed by atoms with Gasteiger partial charge < -0.3 is 15.0 Å². The van der Waals surface area contributed by atoms with Crippen molar-refractivity contribution in [3.8, 4) is 11.3 Å². The maximum Gasteiger partial charge on any atom is 0.231 e. The third-order valence-electron chi connectivity index (χ3n) is 5.45. The third-order valence-corrected chi connectivity index (χ3v) is 5.80. The van der Waals surface area contributed by atoms with E-state index < -0.39 is 23.8 Å². The van der Waals surface area contributed by atoms with E-state index in [1.54, 1.807) is 22.9 Å². The molecular weight excluding hydrogens is 456 g/mol. The Morgan fingerprint density at radius 3 is 2.85 bits per heavy atom. The average molecular weight is 470 g/mol. The normalized spacial score (nSPS) is 17.5. The van der Waals surface area contributed by atoms with Crippen LogP contribution in [0.2, 0.25) is 5.02 Å². The van der Waals surface area contributed by atoms with Crippen molar-refractivity contribution in [2.45, 2.75) is 12.6 Å². The number of fused-ring (bicyclic) bond motifs is 2. The number of carbonyl (C=O) groups is 1. The first kappa shape index (κ1) is 19.6. The summed E-state index contributed by atoms with van der Waals surface area (Å²) in [6, 6.07) is 1.64. The molecule has 0 spiro atoms. The Bertz CT molecular complexity index is 1530. The van der Waals surface area contributed by atoms with E-state index in [9.17, 15) is 9.18 Å². The number of aromatic nitrogens is 7. The van der Waals surface area contributed by atoms with Crippen molar-refractivity contribution < 1.29 is 13.6 Å². The number of benzene rings is 1. The number of halogens is 3. The van der Waals surface area contributed by atoms with E-state index in [2.05, 4.69) is 41.0 Å². The summed E-state index contributed by atoms with van der Waals surface area (Å²) in [5.74, 6) is -0.990. The Morgan fingerprint density at radius 1 is 1.24 bits per heavy atom. The lowest BCUT2D eigenvalue weighted by atomic mass is 10.1. The van der Waals surface area contributed by atoms with Crippen LogP contribution in [-0.4, -0.2) is 46.8 Å². The molecule has 0 radical (unpaired) electrons. The molecule has 2 unspecified atom stereocenters. The van der Waals surface area contributed by atoms with Crippen molar-refractivity contribution in [3.63, 3.8) is 0 Å². The zero-order valence-electron chi connectivity index (χ0n) is 16.6. The Balaban J connectivity index is 1.41. The number of hydrogen-bond donors (Lipinski definition) is 4. The van der Waals surface area contributed by atoms with Crippen molar-refractivity contribution in [3.05, 3.63) is 47.9 Å². The summed E-state index contributed by atoms with van der Waals surface area (Å²) in [4.78, 5) is 20.7. The van der Waals surface area contributed by atoms with Gasteiger partial charge in [0.15, 0.2) is 17.3 Å². The fraction of sp³-hybridized carbons (Fsp3) is 0.150. The van der Waals surface area contributed by atoms with E-state index in [0.29, 0.717) is 33.6 Å². The molecule has 5 aromatic rings. The second-order valence-corrected chi connectivity index (χ2v) is 8.02. The molecule has 0 aliphatic heterocycles. The molecule has 13 heteroatoms. The van der Waals surface area contributed by atoms with Gasteiger partial charge >= 0.3 is 0 Å². The fourth-order valence-corrected chi connectivity index (χ4v) is 3.98. The molecule has 6 rings (SSSR count). The number of rotatable bonds is 5. The van der Waals surface area contributed by atoms with Crippen LogP contribution in [0.5, 0.6) is 0 Å². The lowest BCUT2D eigenvalue weighted by molar-refractivity contribution is -0.117. The Kier molecular flexibility index (Phi) is 4.30. The van der Waals surface area contributed by atoms with Crippen LogP contribution in [0, 0.1) is 11.7 Å². The molecule has 4 aromatic heterocycles. The van der Waals surface area contributed by atoms with Gasteiger partial charge in [-0.25, -0.2) is 13.8 Å².